The number of aldehydes is 1. The predicted molar refractivity (Wildman–Crippen MR) is 75.2 cm³/mol. The summed E-state index contributed by atoms with van der Waals surface area (Å²) >= 11 is 5.99. The van der Waals surface area contributed by atoms with Gasteiger partial charge >= 0.3 is 6.09 Å². The van der Waals surface area contributed by atoms with E-state index in [1.54, 1.807) is 16.7 Å². The SMILES string of the molecule is O=Cc1cn2c(N3CCN(C(=O)O)CC3)nc(Cl)cc2n1. The molecule has 0 atom stereocenters. The molecule has 1 fully saturated rings. The van der Waals surface area contributed by atoms with Gasteiger partial charge in [0, 0.05) is 38.4 Å². The topological polar surface area (TPSA) is 91.0 Å². The van der Waals surface area contributed by atoms with Crippen molar-refractivity contribution in [2.24, 2.45) is 0 Å². The van der Waals surface area contributed by atoms with E-state index in [4.69, 9.17) is 16.7 Å². The second kappa shape index (κ2) is 5.21. The van der Waals surface area contributed by atoms with E-state index in [-0.39, 0.29) is 5.15 Å². The fraction of sp³-hybridized carbons (Fsp3) is 0.333. The largest absolute Gasteiger partial charge is 0.465 e. The van der Waals surface area contributed by atoms with Gasteiger partial charge in [0.25, 0.3) is 0 Å². The number of hydrogen-bond donors (Lipinski definition) is 1. The monoisotopic (exact) mass is 309 g/mol. The Morgan fingerprint density at radius 1 is 1.29 bits per heavy atom. The van der Waals surface area contributed by atoms with Crippen LogP contribution in [-0.2, 0) is 0 Å². The fourth-order valence-electron chi connectivity index (χ4n) is 2.34. The highest BCUT2D eigenvalue weighted by atomic mass is 35.5. The Kier molecular flexibility index (Phi) is 3.38. The van der Waals surface area contributed by atoms with Crippen LogP contribution in [0, 0.1) is 0 Å². The number of carbonyl (C=O) groups excluding carboxylic acids is 1. The van der Waals surface area contributed by atoms with Gasteiger partial charge < -0.3 is 14.9 Å². The van der Waals surface area contributed by atoms with Crippen LogP contribution in [-0.4, -0.2) is 62.9 Å². The van der Waals surface area contributed by atoms with Crippen LogP contribution in [0.2, 0.25) is 5.15 Å². The number of carboxylic acid groups (broad SMARTS) is 1. The lowest BCUT2D eigenvalue weighted by molar-refractivity contribution is 0.111. The zero-order valence-corrected chi connectivity index (χ0v) is 11.7. The van der Waals surface area contributed by atoms with E-state index in [1.807, 2.05) is 4.90 Å². The van der Waals surface area contributed by atoms with Gasteiger partial charge in [-0.25, -0.2) is 14.8 Å². The molecule has 2 aromatic heterocycles. The first-order valence-electron chi connectivity index (χ1n) is 6.32. The number of carbonyl (C=O) groups is 2. The maximum atomic E-state index is 10.9. The Bertz CT molecular complexity index is 708. The molecule has 0 bridgehead atoms. The van der Waals surface area contributed by atoms with Crippen LogP contribution in [0.3, 0.4) is 0 Å². The van der Waals surface area contributed by atoms with Crippen molar-refractivity contribution < 1.29 is 14.7 Å². The minimum Gasteiger partial charge on any atom is -0.465 e. The number of aromatic nitrogens is 3. The molecule has 0 spiro atoms. The summed E-state index contributed by atoms with van der Waals surface area (Å²) in [6.45, 7) is 1.78. The van der Waals surface area contributed by atoms with Crippen LogP contribution >= 0.6 is 11.6 Å². The Balaban J connectivity index is 1.95. The van der Waals surface area contributed by atoms with E-state index in [0.717, 1.165) is 0 Å². The third kappa shape index (κ3) is 2.49. The molecule has 110 valence electrons. The molecule has 1 aliphatic rings. The summed E-state index contributed by atoms with van der Waals surface area (Å²) < 4.78 is 1.69. The second-order valence-corrected chi connectivity index (χ2v) is 5.03. The number of piperazine rings is 1. The standard InChI is InChI=1S/C12H12ClN5O3/c13-9-5-10-14-8(7-19)6-18(10)11(15-9)16-1-3-17(4-2-16)12(20)21/h5-7H,1-4H2,(H,20,21). The molecule has 3 heterocycles. The lowest BCUT2D eigenvalue weighted by Gasteiger charge is -2.33. The first-order valence-corrected chi connectivity index (χ1v) is 6.70. The summed E-state index contributed by atoms with van der Waals surface area (Å²) in [6.07, 6.45) is 1.32. The van der Waals surface area contributed by atoms with Gasteiger partial charge in [-0.15, -0.1) is 0 Å². The molecule has 1 amide bonds. The van der Waals surface area contributed by atoms with Crippen LogP contribution in [0.4, 0.5) is 10.7 Å². The Labute approximate surface area is 124 Å². The smallest absolute Gasteiger partial charge is 0.407 e. The third-order valence-corrected chi connectivity index (χ3v) is 3.57. The molecule has 8 nitrogen and oxygen atoms in total. The van der Waals surface area contributed by atoms with Gasteiger partial charge in [-0.2, -0.15) is 0 Å². The van der Waals surface area contributed by atoms with E-state index >= 15 is 0 Å². The average Bonchev–Trinajstić information content (AvgIpc) is 2.89. The number of anilines is 1. The van der Waals surface area contributed by atoms with Gasteiger partial charge in [-0.3, -0.25) is 9.20 Å². The van der Waals surface area contributed by atoms with E-state index < -0.39 is 6.09 Å². The molecular weight excluding hydrogens is 298 g/mol. The minimum atomic E-state index is -0.926. The number of hydrogen-bond acceptors (Lipinski definition) is 5. The van der Waals surface area contributed by atoms with Crippen molar-refractivity contribution in [1.29, 1.82) is 0 Å². The zero-order chi connectivity index (χ0) is 15.0. The molecular formula is C12H12ClN5O3. The Morgan fingerprint density at radius 3 is 2.62 bits per heavy atom. The molecule has 0 saturated carbocycles. The summed E-state index contributed by atoms with van der Waals surface area (Å²) in [5.41, 5.74) is 0.831. The molecule has 1 N–H and O–H groups in total. The van der Waals surface area contributed by atoms with Crippen molar-refractivity contribution in [2.45, 2.75) is 0 Å². The van der Waals surface area contributed by atoms with Crippen molar-refractivity contribution >= 4 is 35.6 Å². The number of rotatable bonds is 2. The van der Waals surface area contributed by atoms with Crippen molar-refractivity contribution in [1.82, 2.24) is 19.3 Å². The van der Waals surface area contributed by atoms with Gasteiger partial charge in [0.05, 0.1) is 0 Å². The van der Waals surface area contributed by atoms with Crippen LogP contribution in [0.5, 0.6) is 0 Å². The average molecular weight is 310 g/mol. The number of halogens is 1. The van der Waals surface area contributed by atoms with Crippen LogP contribution in [0.15, 0.2) is 12.3 Å². The number of imidazole rings is 1. The number of fused-ring (bicyclic) bond motifs is 1. The quantitative estimate of drug-likeness (QED) is 0.657. The van der Waals surface area contributed by atoms with E-state index in [1.165, 1.54) is 4.90 Å². The zero-order valence-electron chi connectivity index (χ0n) is 10.9. The molecule has 0 radical (unpaired) electrons. The number of nitrogens with zero attached hydrogens (tertiary/aromatic N) is 5. The molecule has 21 heavy (non-hydrogen) atoms. The van der Waals surface area contributed by atoms with E-state index in [9.17, 15) is 9.59 Å². The maximum Gasteiger partial charge on any atom is 0.407 e. The van der Waals surface area contributed by atoms with Gasteiger partial charge in [0.2, 0.25) is 5.95 Å². The highest BCUT2D eigenvalue weighted by Gasteiger charge is 2.23. The lowest BCUT2D eigenvalue weighted by Crippen LogP contribution is -2.49. The molecule has 0 aliphatic carbocycles. The molecule has 2 aromatic rings. The molecule has 1 saturated heterocycles. The van der Waals surface area contributed by atoms with Crippen molar-refractivity contribution in [3.05, 3.63) is 23.1 Å². The lowest BCUT2D eigenvalue weighted by atomic mass is 10.3. The normalized spacial score (nSPS) is 15.5. The van der Waals surface area contributed by atoms with Crippen LogP contribution in [0.1, 0.15) is 10.5 Å². The first-order chi connectivity index (χ1) is 10.1. The molecule has 1 aliphatic heterocycles. The summed E-state index contributed by atoms with van der Waals surface area (Å²) in [5, 5.41) is 9.24. The summed E-state index contributed by atoms with van der Waals surface area (Å²) in [4.78, 5) is 33.5. The van der Waals surface area contributed by atoms with Gasteiger partial charge in [0.1, 0.15) is 16.5 Å². The van der Waals surface area contributed by atoms with E-state index in [2.05, 4.69) is 9.97 Å². The first kappa shape index (κ1) is 13.6. The van der Waals surface area contributed by atoms with Crippen molar-refractivity contribution in [3.63, 3.8) is 0 Å². The fourth-order valence-corrected chi connectivity index (χ4v) is 2.51. The molecule has 3 rings (SSSR count). The maximum absolute atomic E-state index is 10.9. The summed E-state index contributed by atoms with van der Waals surface area (Å²) in [5.74, 6) is 0.558. The van der Waals surface area contributed by atoms with Gasteiger partial charge in [-0.05, 0) is 0 Å². The van der Waals surface area contributed by atoms with Gasteiger partial charge in [-0.1, -0.05) is 11.6 Å². The van der Waals surface area contributed by atoms with Crippen LogP contribution < -0.4 is 4.90 Å². The summed E-state index contributed by atoms with van der Waals surface area (Å²) in [6, 6.07) is 1.57. The van der Waals surface area contributed by atoms with Crippen LogP contribution in [0.25, 0.3) is 5.65 Å². The highest BCUT2D eigenvalue weighted by molar-refractivity contribution is 6.29. The Morgan fingerprint density at radius 2 is 2.00 bits per heavy atom. The second-order valence-electron chi connectivity index (χ2n) is 4.65. The molecule has 0 unspecified atom stereocenters. The van der Waals surface area contributed by atoms with Crippen molar-refractivity contribution in [2.75, 3.05) is 31.1 Å². The Hall–Kier alpha value is -2.35. The molecule has 9 heteroatoms. The third-order valence-electron chi connectivity index (χ3n) is 3.38. The van der Waals surface area contributed by atoms with Crippen molar-refractivity contribution in [3.8, 4) is 0 Å². The highest BCUT2D eigenvalue weighted by Crippen LogP contribution is 2.20. The predicted octanol–water partition coefficient (Wildman–Crippen LogP) is 0.995. The van der Waals surface area contributed by atoms with E-state index in [0.29, 0.717) is 49.8 Å². The number of amides is 1. The molecule has 0 aromatic carbocycles. The minimum absolute atomic E-state index is 0.279. The van der Waals surface area contributed by atoms with Gasteiger partial charge in [0.15, 0.2) is 6.29 Å². The summed E-state index contributed by atoms with van der Waals surface area (Å²) in [7, 11) is 0.